The lowest BCUT2D eigenvalue weighted by Crippen LogP contribution is -2.29. The maximum atomic E-state index is 12.9. The molecule has 14 heavy (non-hydrogen) atoms. The van der Waals surface area contributed by atoms with E-state index in [4.69, 9.17) is 0 Å². The minimum Gasteiger partial charge on any atom is -0.389 e. The average Bonchev–Trinajstić information content (AvgIpc) is 1.97. The van der Waals surface area contributed by atoms with Gasteiger partial charge in [0, 0.05) is 12.2 Å². The van der Waals surface area contributed by atoms with Crippen LogP contribution >= 0.6 is 0 Å². The van der Waals surface area contributed by atoms with Crippen LogP contribution in [0.3, 0.4) is 0 Å². The molecule has 1 aromatic carbocycles. The first-order chi connectivity index (χ1) is 6.37. The number of aliphatic hydroxyl groups is 1. The summed E-state index contributed by atoms with van der Waals surface area (Å²) in [7, 11) is 0. The molecular weight excluding hydrogens is 181 g/mol. The van der Waals surface area contributed by atoms with Crippen LogP contribution in [0.4, 0.5) is 10.1 Å². The predicted molar refractivity (Wildman–Crippen MR) is 55.9 cm³/mol. The molecule has 0 fully saturated rings. The summed E-state index contributed by atoms with van der Waals surface area (Å²) in [6.45, 7) is 5.63. The summed E-state index contributed by atoms with van der Waals surface area (Å²) in [5.74, 6) is -0.261. The van der Waals surface area contributed by atoms with E-state index in [0.29, 0.717) is 12.2 Å². The maximum absolute atomic E-state index is 12.9. The third-order valence-electron chi connectivity index (χ3n) is 1.77. The smallest absolute Gasteiger partial charge is 0.125 e. The highest BCUT2D eigenvalue weighted by atomic mass is 19.1. The Morgan fingerprint density at radius 3 is 2.50 bits per heavy atom. The summed E-state index contributed by atoms with van der Waals surface area (Å²) in [6.07, 6.45) is 0. The quantitative estimate of drug-likeness (QED) is 0.779. The fourth-order valence-corrected chi connectivity index (χ4v) is 1.16. The summed E-state index contributed by atoms with van der Waals surface area (Å²) >= 11 is 0. The second-order valence-corrected chi connectivity index (χ2v) is 4.18. The van der Waals surface area contributed by atoms with Crippen LogP contribution in [0, 0.1) is 12.7 Å². The van der Waals surface area contributed by atoms with Gasteiger partial charge in [0.15, 0.2) is 0 Å². The topological polar surface area (TPSA) is 32.3 Å². The van der Waals surface area contributed by atoms with E-state index in [9.17, 15) is 9.50 Å². The number of nitrogens with one attached hydrogen (secondary N) is 1. The second kappa shape index (κ2) is 3.96. The Labute approximate surface area is 83.8 Å². The summed E-state index contributed by atoms with van der Waals surface area (Å²) in [6, 6.07) is 4.73. The van der Waals surface area contributed by atoms with Crippen LogP contribution in [-0.4, -0.2) is 17.3 Å². The lowest BCUT2D eigenvalue weighted by atomic mass is 10.1. The molecule has 78 valence electrons. The van der Waals surface area contributed by atoms with Crippen molar-refractivity contribution in [3.63, 3.8) is 0 Å². The van der Waals surface area contributed by atoms with Gasteiger partial charge in [-0.1, -0.05) is 0 Å². The summed E-state index contributed by atoms with van der Waals surface area (Å²) in [4.78, 5) is 0. The van der Waals surface area contributed by atoms with Crippen molar-refractivity contribution in [2.75, 3.05) is 11.9 Å². The average molecular weight is 197 g/mol. The minimum absolute atomic E-state index is 0.261. The molecule has 0 saturated heterocycles. The van der Waals surface area contributed by atoms with E-state index in [0.717, 1.165) is 5.56 Å². The molecule has 0 aromatic heterocycles. The monoisotopic (exact) mass is 197 g/mol. The fourth-order valence-electron chi connectivity index (χ4n) is 1.16. The van der Waals surface area contributed by atoms with Crippen molar-refractivity contribution in [3.8, 4) is 0 Å². The zero-order chi connectivity index (χ0) is 10.8. The van der Waals surface area contributed by atoms with E-state index in [1.807, 2.05) is 13.0 Å². The predicted octanol–water partition coefficient (Wildman–Crippen LogP) is 2.32. The van der Waals surface area contributed by atoms with Gasteiger partial charge in [-0.25, -0.2) is 4.39 Å². The van der Waals surface area contributed by atoms with Crippen LogP contribution in [0.25, 0.3) is 0 Å². The number of anilines is 1. The molecule has 2 nitrogen and oxygen atoms in total. The number of rotatable bonds is 3. The Kier molecular flexibility index (Phi) is 3.11. The van der Waals surface area contributed by atoms with Gasteiger partial charge < -0.3 is 10.4 Å². The van der Waals surface area contributed by atoms with Crippen molar-refractivity contribution >= 4 is 5.69 Å². The molecule has 0 saturated carbocycles. The number of hydrogen-bond acceptors (Lipinski definition) is 2. The highest BCUT2D eigenvalue weighted by Crippen LogP contribution is 2.14. The molecular formula is C11H16FNO. The molecule has 1 rings (SSSR count). The molecule has 0 aliphatic heterocycles. The lowest BCUT2D eigenvalue weighted by Gasteiger charge is -2.18. The molecule has 0 amide bonds. The Bertz CT molecular complexity index is 297. The van der Waals surface area contributed by atoms with E-state index >= 15 is 0 Å². The molecule has 0 bridgehead atoms. The van der Waals surface area contributed by atoms with Crippen LogP contribution in [0.15, 0.2) is 18.2 Å². The molecule has 0 radical (unpaired) electrons. The molecule has 0 unspecified atom stereocenters. The largest absolute Gasteiger partial charge is 0.389 e. The van der Waals surface area contributed by atoms with Crippen LogP contribution in [0.5, 0.6) is 0 Å². The van der Waals surface area contributed by atoms with Crippen molar-refractivity contribution in [2.24, 2.45) is 0 Å². The third kappa shape index (κ3) is 3.75. The Hall–Kier alpha value is -1.09. The van der Waals surface area contributed by atoms with Gasteiger partial charge in [-0.15, -0.1) is 0 Å². The molecule has 0 spiro atoms. The van der Waals surface area contributed by atoms with E-state index in [-0.39, 0.29) is 5.82 Å². The molecule has 1 aromatic rings. The number of aryl methyl sites for hydroxylation is 1. The van der Waals surface area contributed by atoms with Gasteiger partial charge in [0.05, 0.1) is 5.60 Å². The summed E-state index contributed by atoms with van der Waals surface area (Å²) < 4.78 is 12.9. The van der Waals surface area contributed by atoms with Crippen molar-refractivity contribution in [1.82, 2.24) is 0 Å². The SMILES string of the molecule is Cc1cc(F)cc(NCC(C)(C)O)c1. The standard InChI is InChI=1S/C11H16FNO/c1-8-4-9(12)6-10(5-8)13-7-11(2,3)14/h4-6,13-14H,7H2,1-3H3. The summed E-state index contributed by atoms with van der Waals surface area (Å²) in [5, 5.41) is 12.4. The zero-order valence-electron chi connectivity index (χ0n) is 8.76. The van der Waals surface area contributed by atoms with Gasteiger partial charge in [-0.2, -0.15) is 0 Å². The van der Waals surface area contributed by atoms with Crippen molar-refractivity contribution < 1.29 is 9.50 Å². The second-order valence-electron chi connectivity index (χ2n) is 4.18. The number of hydrogen-bond donors (Lipinski definition) is 2. The first-order valence-electron chi connectivity index (χ1n) is 4.60. The zero-order valence-corrected chi connectivity index (χ0v) is 8.76. The van der Waals surface area contributed by atoms with Gasteiger partial charge in [0.2, 0.25) is 0 Å². The van der Waals surface area contributed by atoms with E-state index in [1.54, 1.807) is 13.8 Å². The normalized spacial score (nSPS) is 11.5. The molecule has 0 aliphatic rings. The van der Waals surface area contributed by atoms with Gasteiger partial charge in [0.25, 0.3) is 0 Å². The van der Waals surface area contributed by atoms with E-state index in [1.165, 1.54) is 12.1 Å². The van der Waals surface area contributed by atoms with Crippen LogP contribution in [0.1, 0.15) is 19.4 Å². The first kappa shape index (κ1) is 11.0. The fraction of sp³-hybridized carbons (Fsp3) is 0.455. The van der Waals surface area contributed by atoms with Crippen LogP contribution in [0.2, 0.25) is 0 Å². The van der Waals surface area contributed by atoms with Gasteiger partial charge in [0.1, 0.15) is 5.82 Å². The molecule has 0 heterocycles. The maximum Gasteiger partial charge on any atom is 0.125 e. The highest BCUT2D eigenvalue weighted by molar-refractivity contribution is 5.46. The first-order valence-corrected chi connectivity index (χ1v) is 4.60. The van der Waals surface area contributed by atoms with Crippen LogP contribution in [-0.2, 0) is 0 Å². The van der Waals surface area contributed by atoms with Crippen molar-refractivity contribution in [1.29, 1.82) is 0 Å². The molecule has 0 atom stereocenters. The highest BCUT2D eigenvalue weighted by Gasteiger charge is 2.11. The van der Waals surface area contributed by atoms with Gasteiger partial charge >= 0.3 is 0 Å². The lowest BCUT2D eigenvalue weighted by molar-refractivity contribution is 0.0945. The van der Waals surface area contributed by atoms with Crippen molar-refractivity contribution in [3.05, 3.63) is 29.6 Å². The number of halogens is 1. The van der Waals surface area contributed by atoms with Gasteiger partial charge in [-0.05, 0) is 44.5 Å². The third-order valence-corrected chi connectivity index (χ3v) is 1.77. The molecule has 3 heteroatoms. The van der Waals surface area contributed by atoms with Gasteiger partial charge in [-0.3, -0.25) is 0 Å². The van der Waals surface area contributed by atoms with E-state index in [2.05, 4.69) is 5.32 Å². The van der Waals surface area contributed by atoms with E-state index < -0.39 is 5.60 Å². The molecule has 2 N–H and O–H groups in total. The number of benzene rings is 1. The summed E-state index contributed by atoms with van der Waals surface area (Å²) in [5.41, 5.74) is 0.771. The van der Waals surface area contributed by atoms with Crippen LogP contribution < -0.4 is 5.32 Å². The molecule has 0 aliphatic carbocycles. The minimum atomic E-state index is -0.791. The van der Waals surface area contributed by atoms with Crippen molar-refractivity contribution in [2.45, 2.75) is 26.4 Å². The Morgan fingerprint density at radius 1 is 1.36 bits per heavy atom. The Balaban J connectivity index is 2.68. The Morgan fingerprint density at radius 2 is 2.00 bits per heavy atom.